The zero-order valence-electron chi connectivity index (χ0n) is 16.1. The maximum Gasteiger partial charge on any atom is 0.341 e. The zero-order valence-corrected chi connectivity index (χ0v) is 16.1. The van der Waals surface area contributed by atoms with Crippen LogP contribution >= 0.6 is 0 Å². The highest BCUT2D eigenvalue weighted by Crippen LogP contribution is 2.25. The topological polar surface area (TPSA) is 131 Å². The molecule has 1 aliphatic rings. The molecule has 0 unspecified atom stereocenters. The number of esters is 1. The van der Waals surface area contributed by atoms with Crippen LogP contribution in [0.2, 0.25) is 0 Å². The molecule has 0 heterocycles. The van der Waals surface area contributed by atoms with E-state index < -0.39 is 28.9 Å². The van der Waals surface area contributed by atoms with Gasteiger partial charge in [-0.25, -0.2) is 9.59 Å². The number of carbonyl (C=O) groups is 3. The SMILES string of the molecule is C[C@H](OC(=O)c1cc([N+](=O)[O-])ccc1N(C)C)C(=O)NC(=O)NC1CCCC1. The first kappa shape index (κ1) is 21.1. The van der Waals surface area contributed by atoms with Gasteiger partial charge in [-0.05, 0) is 25.8 Å². The van der Waals surface area contributed by atoms with E-state index in [1.807, 2.05) is 0 Å². The van der Waals surface area contributed by atoms with Crippen molar-refractivity contribution in [3.8, 4) is 0 Å². The van der Waals surface area contributed by atoms with Crippen molar-refractivity contribution in [3.05, 3.63) is 33.9 Å². The lowest BCUT2D eigenvalue weighted by Gasteiger charge is -2.19. The van der Waals surface area contributed by atoms with Crippen LogP contribution in [0.25, 0.3) is 0 Å². The number of hydrogen-bond donors (Lipinski definition) is 2. The molecule has 1 aromatic carbocycles. The maximum atomic E-state index is 12.5. The Morgan fingerprint density at radius 1 is 1.25 bits per heavy atom. The second-order valence-corrected chi connectivity index (χ2v) is 6.84. The Kier molecular flexibility index (Phi) is 6.91. The number of nitrogens with one attached hydrogen (secondary N) is 2. The minimum atomic E-state index is -1.25. The Morgan fingerprint density at radius 3 is 2.46 bits per heavy atom. The van der Waals surface area contributed by atoms with Crippen LogP contribution in [0.1, 0.15) is 43.0 Å². The van der Waals surface area contributed by atoms with Crippen molar-refractivity contribution in [1.29, 1.82) is 0 Å². The standard InChI is InChI=1S/C18H24N4O6/c1-11(16(23)20-18(25)19-12-6-4-5-7-12)28-17(24)14-10-13(22(26)27)8-9-15(14)21(2)3/h8-12H,4-7H2,1-3H3,(H2,19,20,23,25)/t11-/m0/s1. The van der Waals surface area contributed by atoms with E-state index in [0.717, 1.165) is 31.7 Å². The first-order chi connectivity index (χ1) is 13.2. The molecule has 1 fully saturated rings. The van der Waals surface area contributed by atoms with E-state index in [2.05, 4.69) is 10.6 Å². The van der Waals surface area contributed by atoms with Crippen LogP contribution in [-0.4, -0.2) is 49.1 Å². The van der Waals surface area contributed by atoms with Gasteiger partial charge in [0.05, 0.1) is 16.2 Å². The van der Waals surface area contributed by atoms with Gasteiger partial charge in [0.2, 0.25) is 0 Å². The van der Waals surface area contributed by atoms with Crippen LogP contribution in [0.15, 0.2) is 18.2 Å². The molecule has 0 saturated heterocycles. The van der Waals surface area contributed by atoms with Gasteiger partial charge in [-0.2, -0.15) is 0 Å². The van der Waals surface area contributed by atoms with Crippen LogP contribution in [0, 0.1) is 10.1 Å². The minimum absolute atomic E-state index is 0.0400. The number of ether oxygens (including phenoxy) is 1. The third-order valence-electron chi connectivity index (χ3n) is 4.47. The van der Waals surface area contributed by atoms with Crippen molar-refractivity contribution < 1.29 is 24.0 Å². The number of carbonyl (C=O) groups excluding carboxylic acids is 3. The average molecular weight is 392 g/mol. The first-order valence-electron chi connectivity index (χ1n) is 8.97. The van der Waals surface area contributed by atoms with E-state index in [1.54, 1.807) is 19.0 Å². The number of imide groups is 1. The fourth-order valence-corrected chi connectivity index (χ4v) is 2.97. The lowest BCUT2D eigenvalue weighted by molar-refractivity contribution is -0.384. The Balaban J connectivity index is 2.02. The number of nitro benzene ring substituents is 1. The van der Waals surface area contributed by atoms with E-state index >= 15 is 0 Å². The molecule has 1 aromatic rings. The second-order valence-electron chi connectivity index (χ2n) is 6.84. The highest BCUT2D eigenvalue weighted by Gasteiger charge is 2.25. The number of anilines is 1. The number of rotatable bonds is 6. The Morgan fingerprint density at radius 2 is 1.89 bits per heavy atom. The molecular formula is C18H24N4O6. The summed E-state index contributed by atoms with van der Waals surface area (Å²) in [4.78, 5) is 48.4. The lowest BCUT2D eigenvalue weighted by atomic mass is 10.1. The molecule has 0 aliphatic heterocycles. The number of nitrogens with zero attached hydrogens (tertiary/aromatic N) is 2. The Hall–Kier alpha value is -3.17. The number of hydrogen-bond acceptors (Lipinski definition) is 7. The minimum Gasteiger partial charge on any atom is -0.449 e. The van der Waals surface area contributed by atoms with Gasteiger partial charge in [0.25, 0.3) is 11.6 Å². The molecule has 0 spiro atoms. The number of amides is 3. The van der Waals surface area contributed by atoms with Gasteiger partial charge in [-0.1, -0.05) is 12.8 Å². The lowest BCUT2D eigenvalue weighted by Crippen LogP contribution is -2.47. The number of nitro groups is 1. The molecule has 2 rings (SSSR count). The summed E-state index contributed by atoms with van der Waals surface area (Å²) in [5.74, 6) is -1.67. The molecule has 1 aliphatic carbocycles. The third-order valence-corrected chi connectivity index (χ3v) is 4.47. The van der Waals surface area contributed by atoms with E-state index in [-0.39, 0.29) is 17.3 Å². The van der Waals surface area contributed by atoms with E-state index in [1.165, 1.54) is 19.1 Å². The van der Waals surface area contributed by atoms with Gasteiger partial charge >= 0.3 is 12.0 Å². The molecule has 0 bridgehead atoms. The molecule has 10 heteroatoms. The summed E-state index contributed by atoms with van der Waals surface area (Å²) in [6.45, 7) is 1.32. The van der Waals surface area contributed by atoms with E-state index in [9.17, 15) is 24.5 Å². The van der Waals surface area contributed by atoms with Gasteiger partial charge in [-0.3, -0.25) is 20.2 Å². The third kappa shape index (κ3) is 5.41. The van der Waals surface area contributed by atoms with Crippen molar-refractivity contribution in [2.24, 2.45) is 0 Å². The van der Waals surface area contributed by atoms with Crippen LogP contribution < -0.4 is 15.5 Å². The molecule has 0 radical (unpaired) electrons. The van der Waals surface area contributed by atoms with Crippen molar-refractivity contribution in [2.45, 2.75) is 44.8 Å². The van der Waals surface area contributed by atoms with Gasteiger partial charge in [0.15, 0.2) is 6.10 Å². The zero-order chi connectivity index (χ0) is 20.8. The summed E-state index contributed by atoms with van der Waals surface area (Å²) in [5, 5.41) is 15.8. The first-order valence-corrected chi connectivity index (χ1v) is 8.97. The molecule has 0 aromatic heterocycles. The second kappa shape index (κ2) is 9.16. The van der Waals surface area contributed by atoms with Crippen molar-refractivity contribution >= 4 is 29.3 Å². The average Bonchev–Trinajstić information content (AvgIpc) is 3.13. The smallest absolute Gasteiger partial charge is 0.341 e. The van der Waals surface area contributed by atoms with Crippen molar-refractivity contribution in [1.82, 2.24) is 10.6 Å². The summed E-state index contributed by atoms with van der Waals surface area (Å²) < 4.78 is 5.11. The molecule has 2 N–H and O–H groups in total. The summed E-state index contributed by atoms with van der Waals surface area (Å²) in [5.41, 5.74) is 0.0852. The molecule has 152 valence electrons. The van der Waals surface area contributed by atoms with E-state index in [0.29, 0.717) is 5.69 Å². The van der Waals surface area contributed by atoms with Crippen molar-refractivity contribution in [2.75, 3.05) is 19.0 Å². The Bertz CT molecular complexity index is 773. The summed E-state index contributed by atoms with van der Waals surface area (Å²) in [7, 11) is 3.34. The largest absolute Gasteiger partial charge is 0.449 e. The van der Waals surface area contributed by atoms with Crippen LogP contribution in [0.4, 0.5) is 16.2 Å². The van der Waals surface area contributed by atoms with Gasteiger partial charge in [0.1, 0.15) is 0 Å². The highest BCUT2D eigenvalue weighted by atomic mass is 16.6. The van der Waals surface area contributed by atoms with Crippen LogP contribution in [-0.2, 0) is 9.53 Å². The fraction of sp³-hybridized carbons (Fsp3) is 0.500. The predicted molar refractivity (Wildman–Crippen MR) is 101 cm³/mol. The quantitative estimate of drug-likeness (QED) is 0.430. The maximum absolute atomic E-state index is 12.5. The highest BCUT2D eigenvalue weighted by molar-refractivity contribution is 6.00. The van der Waals surface area contributed by atoms with Crippen molar-refractivity contribution in [3.63, 3.8) is 0 Å². The van der Waals surface area contributed by atoms with E-state index in [4.69, 9.17) is 4.74 Å². The summed E-state index contributed by atoms with van der Waals surface area (Å²) >= 11 is 0. The van der Waals surface area contributed by atoms with Gasteiger partial charge in [-0.15, -0.1) is 0 Å². The van der Waals surface area contributed by atoms with Crippen LogP contribution in [0.5, 0.6) is 0 Å². The Labute approximate surface area is 162 Å². The fourth-order valence-electron chi connectivity index (χ4n) is 2.97. The summed E-state index contributed by atoms with van der Waals surface area (Å²) in [6, 6.07) is 3.20. The van der Waals surface area contributed by atoms with Gasteiger partial charge in [0, 0.05) is 32.3 Å². The number of benzene rings is 1. The monoisotopic (exact) mass is 392 g/mol. The van der Waals surface area contributed by atoms with Gasteiger partial charge < -0.3 is 15.0 Å². The number of urea groups is 1. The molecule has 28 heavy (non-hydrogen) atoms. The van der Waals surface area contributed by atoms with Crippen LogP contribution in [0.3, 0.4) is 0 Å². The predicted octanol–water partition coefficient (Wildman–Crippen LogP) is 1.97. The molecule has 1 atom stereocenters. The molecule has 3 amide bonds. The summed E-state index contributed by atoms with van der Waals surface area (Å²) in [6.07, 6.45) is 2.55. The molecule has 1 saturated carbocycles. The normalized spacial score (nSPS) is 14.8. The molecular weight excluding hydrogens is 368 g/mol. The molecule has 10 nitrogen and oxygen atoms in total. The number of non-ortho nitro benzene ring substituents is 1.